The highest BCUT2D eigenvalue weighted by atomic mass is 35.5. The number of anilines is 1. The summed E-state index contributed by atoms with van der Waals surface area (Å²) in [4.78, 5) is 12.0. The van der Waals surface area contributed by atoms with Crippen molar-refractivity contribution >= 4 is 44.8 Å². The SMILES string of the molecule is O=C(Cc1ccc(NS(=O)(=O)c2ccc(Cl)c(Cl)c2)cc1)NCc1ccoc1. The van der Waals surface area contributed by atoms with Gasteiger partial charge in [-0.3, -0.25) is 9.52 Å². The molecule has 2 aromatic carbocycles. The highest BCUT2D eigenvalue weighted by Crippen LogP contribution is 2.26. The molecule has 6 nitrogen and oxygen atoms in total. The fourth-order valence-electron chi connectivity index (χ4n) is 2.39. The van der Waals surface area contributed by atoms with Gasteiger partial charge in [-0.2, -0.15) is 0 Å². The fourth-order valence-corrected chi connectivity index (χ4v) is 3.84. The lowest BCUT2D eigenvalue weighted by Crippen LogP contribution is -2.24. The summed E-state index contributed by atoms with van der Waals surface area (Å²) in [7, 11) is -3.80. The van der Waals surface area contributed by atoms with E-state index in [-0.39, 0.29) is 27.3 Å². The van der Waals surface area contributed by atoms with E-state index in [1.807, 2.05) is 0 Å². The molecule has 9 heteroatoms. The summed E-state index contributed by atoms with van der Waals surface area (Å²) < 4.78 is 32.3. The number of hydrogen-bond acceptors (Lipinski definition) is 4. The highest BCUT2D eigenvalue weighted by molar-refractivity contribution is 7.92. The summed E-state index contributed by atoms with van der Waals surface area (Å²) in [6.07, 6.45) is 3.28. The van der Waals surface area contributed by atoms with Crippen LogP contribution in [0.1, 0.15) is 11.1 Å². The molecule has 3 aromatic rings. The first kappa shape index (κ1) is 20.3. The van der Waals surface area contributed by atoms with E-state index in [0.717, 1.165) is 11.1 Å². The van der Waals surface area contributed by atoms with Crippen LogP contribution in [0.15, 0.2) is 70.4 Å². The summed E-state index contributed by atoms with van der Waals surface area (Å²) in [5.74, 6) is -0.148. The molecule has 2 N–H and O–H groups in total. The molecule has 0 aliphatic rings. The summed E-state index contributed by atoms with van der Waals surface area (Å²) in [6.45, 7) is 0.386. The number of sulfonamides is 1. The Labute approximate surface area is 172 Å². The molecular formula is C19H16Cl2N2O4S. The Morgan fingerprint density at radius 1 is 0.964 bits per heavy atom. The van der Waals surface area contributed by atoms with Gasteiger partial charge in [-0.15, -0.1) is 0 Å². The highest BCUT2D eigenvalue weighted by Gasteiger charge is 2.16. The number of furan rings is 1. The van der Waals surface area contributed by atoms with Crippen molar-refractivity contribution in [1.29, 1.82) is 0 Å². The Hall–Kier alpha value is -2.48. The van der Waals surface area contributed by atoms with Crippen LogP contribution in [0.5, 0.6) is 0 Å². The molecular weight excluding hydrogens is 423 g/mol. The minimum atomic E-state index is -3.80. The van der Waals surface area contributed by atoms with Crippen molar-refractivity contribution in [3.8, 4) is 0 Å². The lowest BCUT2D eigenvalue weighted by Gasteiger charge is -2.10. The average Bonchev–Trinajstić information content (AvgIpc) is 3.17. The molecule has 1 aromatic heterocycles. The Morgan fingerprint density at radius 2 is 1.71 bits per heavy atom. The number of halogens is 2. The molecule has 0 atom stereocenters. The van der Waals surface area contributed by atoms with Crippen LogP contribution in [-0.4, -0.2) is 14.3 Å². The molecule has 0 radical (unpaired) electrons. The molecule has 0 saturated carbocycles. The molecule has 28 heavy (non-hydrogen) atoms. The number of hydrogen-bond donors (Lipinski definition) is 2. The van der Waals surface area contributed by atoms with E-state index in [2.05, 4.69) is 10.0 Å². The van der Waals surface area contributed by atoms with Crippen LogP contribution in [-0.2, 0) is 27.8 Å². The van der Waals surface area contributed by atoms with Gasteiger partial charge >= 0.3 is 0 Å². The predicted octanol–water partition coefficient (Wildman–Crippen LogP) is 4.25. The zero-order valence-electron chi connectivity index (χ0n) is 14.5. The van der Waals surface area contributed by atoms with Gasteiger partial charge in [0.2, 0.25) is 5.91 Å². The normalized spacial score (nSPS) is 11.2. The van der Waals surface area contributed by atoms with Gasteiger partial charge in [-0.1, -0.05) is 35.3 Å². The number of nitrogens with one attached hydrogen (secondary N) is 2. The molecule has 3 rings (SSSR count). The van der Waals surface area contributed by atoms with Gasteiger partial charge in [0, 0.05) is 17.8 Å². The molecule has 0 saturated heterocycles. The molecule has 0 unspecified atom stereocenters. The van der Waals surface area contributed by atoms with Gasteiger partial charge in [0.25, 0.3) is 10.0 Å². The third-order valence-corrected chi connectivity index (χ3v) is 5.96. The predicted molar refractivity (Wildman–Crippen MR) is 108 cm³/mol. The molecule has 0 spiro atoms. The zero-order chi connectivity index (χ0) is 20.1. The largest absolute Gasteiger partial charge is 0.472 e. The minimum Gasteiger partial charge on any atom is -0.472 e. The maximum Gasteiger partial charge on any atom is 0.261 e. The number of carbonyl (C=O) groups is 1. The molecule has 1 amide bonds. The second-order valence-corrected chi connectivity index (χ2v) is 8.46. The monoisotopic (exact) mass is 438 g/mol. The zero-order valence-corrected chi connectivity index (χ0v) is 16.8. The smallest absolute Gasteiger partial charge is 0.261 e. The van der Waals surface area contributed by atoms with Gasteiger partial charge in [0.05, 0.1) is 33.9 Å². The van der Waals surface area contributed by atoms with Crippen molar-refractivity contribution in [2.45, 2.75) is 17.9 Å². The summed E-state index contributed by atoms with van der Waals surface area (Å²) >= 11 is 11.7. The summed E-state index contributed by atoms with van der Waals surface area (Å²) in [5.41, 5.74) is 2.00. The first-order valence-corrected chi connectivity index (χ1v) is 10.4. The Balaban J connectivity index is 1.60. The van der Waals surface area contributed by atoms with Crippen molar-refractivity contribution in [2.75, 3.05) is 4.72 Å². The van der Waals surface area contributed by atoms with E-state index < -0.39 is 10.0 Å². The minimum absolute atomic E-state index is 0.00426. The van der Waals surface area contributed by atoms with Crippen LogP contribution in [0.25, 0.3) is 0 Å². The fraction of sp³-hybridized carbons (Fsp3) is 0.105. The van der Waals surface area contributed by atoms with Gasteiger partial charge < -0.3 is 9.73 Å². The number of rotatable bonds is 7. The van der Waals surface area contributed by atoms with Crippen molar-refractivity contribution in [3.05, 3.63) is 82.2 Å². The Morgan fingerprint density at radius 3 is 2.36 bits per heavy atom. The molecule has 1 heterocycles. The standard InChI is InChI=1S/C19H16Cl2N2O4S/c20-17-6-5-16(10-18(17)21)28(25,26)23-15-3-1-13(2-4-15)9-19(24)22-11-14-7-8-27-12-14/h1-8,10,12,23H,9,11H2,(H,22,24). The number of amides is 1. The Bertz CT molecular complexity index is 1070. The van der Waals surface area contributed by atoms with E-state index in [0.29, 0.717) is 12.2 Å². The van der Waals surface area contributed by atoms with Crippen LogP contribution in [0.4, 0.5) is 5.69 Å². The molecule has 0 aliphatic carbocycles. The van der Waals surface area contributed by atoms with E-state index in [1.54, 1.807) is 42.9 Å². The second-order valence-electron chi connectivity index (χ2n) is 5.96. The third-order valence-electron chi connectivity index (χ3n) is 3.84. The quantitative estimate of drug-likeness (QED) is 0.576. The van der Waals surface area contributed by atoms with Crippen LogP contribution >= 0.6 is 23.2 Å². The van der Waals surface area contributed by atoms with E-state index in [4.69, 9.17) is 27.6 Å². The first-order chi connectivity index (χ1) is 13.3. The molecule has 146 valence electrons. The van der Waals surface area contributed by atoms with Crippen molar-refractivity contribution in [3.63, 3.8) is 0 Å². The topological polar surface area (TPSA) is 88.4 Å². The summed E-state index contributed by atoms with van der Waals surface area (Å²) in [6, 6.07) is 12.4. The molecule has 0 aliphatic heterocycles. The molecule has 0 fully saturated rings. The lowest BCUT2D eigenvalue weighted by atomic mass is 10.1. The van der Waals surface area contributed by atoms with Gasteiger partial charge in [-0.25, -0.2) is 8.42 Å². The maximum atomic E-state index is 12.4. The van der Waals surface area contributed by atoms with Crippen LogP contribution in [0.2, 0.25) is 10.0 Å². The average molecular weight is 439 g/mol. The van der Waals surface area contributed by atoms with Crippen LogP contribution in [0.3, 0.4) is 0 Å². The third kappa shape index (κ3) is 5.28. The number of carbonyl (C=O) groups excluding carboxylic acids is 1. The summed E-state index contributed by atoms with van der Waals surface area (Å²) in [5, 5.41) is 3.21. The number of benzene rings is 2. The van der Waals surface area contributed by atoms with Gasteiger partial charge in [0.1, 0.15) is 0 Å². The van der Waals surface area contributed by atoms with Crippen molar-refractivity contribution in [2.24, 2.45) is 0 Å². The van der Waals surface area contributed by atoms with Gasteiger partial charge in [0.15, 0.2) is 0 Å². The maximum absolute atomic E-state index is 12.4. The molecule has 0 bridgehead atoms. The first-order valence-electron chi connectivity index (χ1n) is 8.18. The van der Waals surface area contributed by atoms with E-state index in [1.165, 1.54) is 18.2 Å². The second kappa shape index (κ2) is 8.68. The van der Waals surface area contributed by atoms with Crippen molar-refractivity contribution < 1.29 is 17.6 Å². The van der Waals surface area contributed by atoms with Crippen molar-refractivity contribution in [1.82, 2.24) is 5.32 Å². The Kier molecular flexibility index (Phi) is 6.28. The van der Waals surface area contributed by atoms with E-state index in [9.17, 15) is 13.2 Å². The lowest BCUT2D eigenvalue weighted by molar-refractivity contribution is -0.120. The van der Waals surface area contributed by atoms with Crippen LogP contribution < -0.4 is 10.0 Å². The van der Waals surface area contributed by atoms with E-state index >= 15 is 0 Å². The van der Waals surface area contributed by atoms with Crippen LogP contribution in [0, 0.1) is 0 Å². The van der Waals surface area contributed by atoms with Gasteiger partial charge in [-0.05, 0) is 42.0 Å².